The van der Waals surface area contributed by atoms with E-state index in [0.29, 0.717) is 6.61 Å². The first-order valence-electron chi connectivity index (χ1n) is 3.15. The summed E-state index contributed by atoms with van der Waals surface area (Å²) in [6.45, 7) is 3.74. The summed E-state index contributed by atoms with van der Waals surface area (Å²) in [7, 11) is 0. The van der Waals surface area contributed by atoms with Crippen LogP contribution in [0, 0.1) is 0 Å². The molecular weight excluding hydrogens is 114 g/mol. The van der Waals surface area contributed by atoms with Gasteiger partial charge in [-0.05, 0) is 19.1 Å². The van der Waals surface area contributed by atoms with Crippen LogP contribution >= 0.6 is 0 Å². The zero-order valence-corrected chi connectivity index (χ0v) is 5.55. The molecule has 0 bridgehead atoms. The third-order valence-electron chi connectivity index (χ3n) is 1.12. The van der Waals surface area contributed by atoms with Crippen molar-refractivity contribution in [1.82, 2.24) is 5.32 Å². The molecule has 0 saturated carbocycles. The monoisotopic (exact) mass is 125 g/mol. The first-order chi connectivity index (χ1) is 4.43. The Labute approximate surface area is 55.2 Å². The van der Waals surface area contributed by atoms with Crippen LogP contribution in [-0.4, -0.2) is 13.2 Å². The van der Waals surface area contributed by atoms with Crippen molar-refractivity contribution in [3.63, 3.8) is 0 Å². The van der Waals surface area contributed by atoms with Gasteiger partial charge in [-0.2, -0.15) is 0 Å². The minimum absolute atomic E-state index is 0.693. The van der Waals surface area contributed by atoms with Crippen LogP contribution in [0.2, 0.25) is 0 Å². The molecule has 1 aliphatic rings. The lowest BCUT2D eigenvalue weighted by atomic mass is 10.3. The zero-order valence-electron chi connectivity index (χ0n) is 5.55. The van der Waals surface area contributed by atoms with Crippen LogP contribution in [0.1, 0.15) is 6.92 Å². The molecule has 0 amide bonds. The number of hydrogen-bond donors (Lipinski definition) is 1. The summed E-state index contributed by atoms with van der Waals surface area (Å²) in [6, 6.07) is 0. The van der Waals surface area contributed by atoms with E-state index in [9.17, 15) is 0 Å². The van der Waals surface area contributed by atoms with Gasteiger partial charge in [0.15, 0.2) is 0 Å². The van der Waals surface area contributed by atoms with E-state index in [4.69, 9.17) is 4.74 Å². The average Bonchev–Trinajstić information content (AvgIpc) is 1.91. The Bertz CT molecular complexity index is 138. The number of ether oxygens (including phenoxy) is 1. The van der Waals surface area contributed by atoms with Crippen molar-refractivity contribution in [2.24, 2.45) is 0 Å². The minimum atomic E-state index is 0.693. The molecule has 1 heterocycles. The van der Waals surface area contributed by atoms with Gasteiger partial charge in [0.25, 0.3) is 0 Å². The molecule has 0 spiro atoms. The molecule has 2 heteroatoms. The molecule has 2 nitrogen and oxygen atoms in total. The lowest BCUT2D eigenvalue weighted by Gasteiger charge is -2.07. The molecule has 0 aromatic carbocycles. The maximum atomic E-state index is 4.95. The third kappa shape index (κ3) is 1.80. The quantitative estimate of drug-likeness (QED) is 0.595. The molecule has 0 saturated heterocycles. The molecule has 50 valence electrons. The number of hydrogen-bond acceptors (Lipinski definition) is 2. The molecule has 0 aromatic heterocycles. The first kappa shape index (κ1) is 6.20. The van der Waals surface area contributed by atoms with E-state index >= 15 is 0 Å². The number of likely N-dealkylation sites (N-methyl/N-ethyl adjacent to an activating group) is 1. The molecule has 0 aromatic rings. The largest absolute Gasteiger partial charge is 0.497 e. The Morgan fingerprint density at radius 1 is 1.78 bits per heavy atom. The molecule has 1 aliphatic heterocycles. The van der Waals surface area contributed by atoms with E-state index in [1.165, 1.54) is 0 Å². The molecule has 0 fully saturated rings. The van der Waals surface area contributed by atoms with Crippen molar-refractivity contribution < 1.29 is 4.74 Å². The lowest BCUT2D eigenvalue weighted by Crippen LogP contribution is -2.12. The van der Waals surface area contributed by atoms with E-state index in [1.807, 2.05) is 12.2 Å². The van der Waals surface area contributed by atoms with Crippen molar-refractivity contribution in [2.75, 3.05) is 13.2 Å². The van der Waals surface area contributed by atoms with Crippen molar-refractivity contribution >= 4 is 0 Å². The number of nitrogens with one attached hydrogen (secondary N) is 1. The van der Waals surface area contributed by atoms with Crippen LogP contribution in [-0.2, 0) is 4.74 Å². The minimum Gasteiger partial charge on any atom is -0.497 e. The summed E-state index contributed by atoms with van der Waals surface area (Å²) in [6.07, 6.45) is 5.65. The fourth-order valence-corrected chi connectivity index (χ4v) is 0.718. The van der Waals surface area contributed by atoms with Crippen LogP contribution in [0.25, 0.3) is 0 Å². The van der Waals surface area contributed by atoms with Gasteiger partial charge in [0.2, 0.25) is 0 Å². The van der Waals surface area contributed by atoms with Gasteiger partial charge >= 0.3 is 0 Å². The third-order valence-corrected chi connectivity index (χ3v) is 1.12. The Kier molecular flexibility index (Phi) is 2.19. The second-order valence-corrected chi connectivity index (χ2v) is 1.83. The van der Waals surface area contributed by atoms with Gasteiger partial charge in [-0.1, -0.05) is 0 Å². The van der Waals surface area contributed by atoms with Crippen molar-refractivity contribution in [2.45, 2.75) is 6.92 Å². The molecule has 0 aliphatic carbocycles. The van der Waals surface area contributed by atoms with Gasteiger partial charge in [-0.25, -0.2) is 0 Å². The van der Waals surface area contributed by atoms with Gasteiger partial charge in [0.1, 0.15) is 6.61 Å². The fraction of sp³-hybridized carbons (Fsp3) is 0.429. The van der Waals surface area contributed by atoms with E-state index in [2.05, 4.69) is 12.2 Å². The van der Waals surface area contributed by atoms with E-state index in [-0.39, 0.29) is 0 Å². The lowest BCUT2D eigenvalue weighted by molar-refractivity contribution is 0.283. The molecule has 0 unspecified atom stereocenters. The van der Waals surface area contributed by atoms with Crippen LogP contribution in [0.5, 0.6) is 0 Å². The summed E-state index contributed by atoms with van der Waals surface area (Å²) < 4.78 is 4.95. The highest BCUT2D eigenvalue weighted by atomic mass is 16.5. The Hall–Kier alpha value is -0.920. The van der Waals surface area contributed by atoms with Crippen molar-refractivity contribution in [3.8, 4) is 0 Å². The second-order valence-electron chi connectivity index (χ2n) is 1.83. The maximum absolute atomic E-state index is 4.95. The first-order valence-corrected chi connectivity index (χ1v) is 3.15. The van der Waals surface area contributed by atoms with Crippen LogP contribution in [0.4, 0.5) is 0 Å². The SMILES string of the molecule is CCNC1=CCOC=C1. The highest BCUT2D eigenvalue weighted by Gasteiger charge is 1.92. The van der Waals surface area contributed by atoms with E-state index in [1.54, 1.807) is 6.26 Å². The van der Waals surface area contributed by atoms with Gasteiger partial charge in [0, 0.05) is 12.2 Å². The molecule has 0 atom stereocenters. The topological polar surface area (TPSA) is 21.3 Å². The predicted octanol–water partition coefficient (Wildman–Crippen LogP) is 1.02. The summed E-state index contributed by atoms with van der Waals surface area (Å²) in [5.74, 6) is 0. The number of allylic oxidation sites excluding steroid dienone is 1. The van der Waals surface area contributed by atoms with Gasteiger partial charge < -0.3 is 10.1 Å². The van der Waals surface area contributed by atoms with Gasteiger partial charge in [-0.3, -0.25) is 0 Å². The van der Waals surface area contributed by atoms with Gasteiger partial charge in [-0.15, -0.1) is 0 Å². The number of rotatable bonds is 2. The molecule has 0 radical (unpaired) electrons. The fourth-order valence-electron chi connectivity index (χ4n) is 0.718. The summed E-state index contributed by atoms with van der Waals surface area (Å²) in [5.41, 5.74) is 1.16. The van der Waals surface area contributed by atoms with Gasteiger partial charge in [0.05, 0.1) is 6.26 Å². The summed E-state index contributed by atoms with van der Waals surface area (Å²) >= 11 is 0. The second kappa shape index (κ2) is 3.17. The zero-order chi connectivity index (χ0) is 6.53. The standard InChI is InChI=1S/C7H11NO/c1-2-8-7-3-5-9-6-4-7/h3-5,8H,2,6H2,1H3. The van der Waals surface area contributed by atoms with E-state index in [0.717, 1.165) is 12.2 Å². The highest BCUT2D eigenvalue weighted by Crippen LogP contribution is 1.98. The Morgan fingerprint density at radius 2 is 2.67 bits per heavy atom. The Morgan fingerprint density at radius 3 is 3.22 bits per heavy atom. The smallest absolute Gasteiger partial charge is 0.108 e. The van der Waals surface area contributed by atoms with Crippen molar-refractivity contribution in [3.05, 3.63) is 24.1 Å². The molecule has 1 N–H and O–H groups in total. The predicted molar refractivity (Wildman–Crippen MR) is 36.9 cm³/mol. The van der Waals surface area contributed by atoms with Crippen LogP contribution in [0.3, 0.4) is 0 Å². The molecule has 1 rings (SSSR count). The molecular formula is C7H11NO. The average molecular weight is 125 g/mol. The van der Waals surface area contributed by atoms with E-state index < -0.39 is 0 Å². The van der Waals surface area contributed by atoms with Crippen LogP contribution in [0.15, 0.2) is 24.1 Å². The molecule has 9 heavy (non-hydrogen) atoms. The summed E-state index contributed by atoms with van der Waals surface area (Å²) in [4.78, 5) is 0. The Balaban J connectivity index is 2.38. The maximum Gasteiger partial charge on any atom is 0.108 e. The normalized spacial score (nSPS) is 16.3. The summed E-state index contributed by atoms with van der Waals surface area (Å²) in [5, 5.41) is 3.18. The highest BCUT2D eigenvalue weighted by molar-refractivity contribution is 5.17. The van der Waals surface area contributed by atoms with Crippen molar-refractivity contribution in [1.29, 1.82) is 0 Å². The van der Waals surface area contributed by atoms with Crippen LogP contribution < -0.4 is 5.32 Å².